The molecule has 1 aliphatic rings. The number of hydrogen-bond donors (Lipinski definition) is 2. The fourth-order valence-corrected chi connectivity index (χ4v) is 2.18. The van der Waals surface area contributed by atoms with E-state index in [4.69, 9.17) is 16.7 Å². The molecule has 0 unspecified atom stereocenters. The molecule has 2 N–H and O–H groups in total. The summed E-state index contributed by atoms with van der Waals surface area (Å²) in [5.41, 5.74) is 0. The first-order valence-electron chi connectivity index (χ1n) is 6.32. The van der Waals surface area contributed by atoms with Gasteiger partial charge < -0.3 is 15.3 Å². The quantitative estimate of drug-likeness (QED) is 0.848. The Morgan fingerprint density at radius 1 is 1.58 bits per heavy atom. The molecule has 2 rings (SSSR count). The molecule has 0 spiro atoms. The van der Waals surface area contributed by atoms with Gasteiger partial charge in [-0.1, -0.05) is 11.6 Å². The maximum Gasteiger partial charge on any atom is 0.239 e. The summed E-state index contributed by atoms with van der Waals surface area (Å²) in [6.45, 7) is 0.891. The Morgan fingerprint density at radius 3 is 2.89 bits per heavy atom. The Kier molecular flexibility index (Phi) is 4.61. The van der Waals surface area contributed by atoms with Crippen molar-refractivity contribution < 1.29 is 9.90 Å². The van der Waals surface area contributed by atoms with E-state index in [-0.39, 0.29) is 18.6 Å². The molecule has 6 heteroatoms. The Bertz CT molecular complexity index is 432. The van der Waals surface area contributed by atoms with Gasteiger partial charge in [-0.3, -0.25) is 4.79 Å². The smallest absolute Gasteiger partial charge is 0.239 e. The summed E-state index contributed by atoms with van der Waals surface area (Å²) in [5.74, 6) is 1.08. The molecule has 0 radical (unpaired) electrons. The van der Waals surface area contributed by atoms with Gasteiger partial charge in [0, 0.05) is 19.8 Å². The minimum atomic E-state index is -0.178. The monoisotopic (exact) mass is 283 g/mol. The molecule has 1 heterocycles. The number of hydrogen-bond acceptors (Lipinski definition) is 4. The Morgan fingerprint density at radius 2 is 2.32 bits per heavy atom. The minimum Gasteiger partial charge on any atom is -0.393 e. The fraction of sp³-hybridized carbons (Fsp3) is 0.538. The van der Waals surface area contributed by atoms with Crippen LogP contribution in [0.1, 0.15) is 12.8 Å². The number of carbonyl (C=O) groups is 1. The zero-order valence-electron chi connectivity index (χ0n) is 10.8. The van der Waals surface area contributed by atoms with Crippen LogP contribution in [0.15, 0.2) is 18.3 Å². The summed E-state index contributed by atoms with van der Waals surface area (Å²) in [4.78, 5) is 17.7. The number of carbonyl (C=O) groups excluding carboxylic acids is 1. The number of anilines is 1. The second-order valence-corrected chi connectivity index (χ2v) is 5.42. The first kappa shape index (κ1) is 14.1. The molecule has 5 nitrogen and oxygen atoms in total. The van der Waals surface area contributed by atoms with Gasteiger partial charge in [-0.05, 0) is 30.9 Å². The number of amides is 1. The molecule has 0 saturated heterocycles. The van der Waals surface area contributed by atoms with Crippen molar-refractivity contribution in [3.05, 3.63) is 23.4 Å². The highest BCUT2D eigenvalue weighted by Gasteiger charge is 2.27. The third kappa shape index (κ3) is 4.08. The van der Waals surface area contributed by atoms with Crippen molar-refractivity contribution in [1.82, 2.24) is 10.3 Å². The van der Waals surface area contributed by atoms with Crippen LogP contribution in [-0.4, -0.2) is 42.2 Å². The van der Waals surface area contributed by atoms with Gasteiger partial charge in [0.2, 0.25) is 5.91 Å². The summed E-state index contributed by atoms with van der Waals surface area (Å²) < 4.78 is 0. The van der Waals surface area contributed by atoms with E-state index in [0.717, 1.165) is 12.8 Å². The Hall–Kier alpha value is -1.33. The van der Waals surface area contributed by atoms with Crippen molar-refractivity contribution in [2.45, 2.75) is 18.9 Å². The number of halogens is 1. The lowest BCUT2D eigenvalue weighted by Crippen LogP contribution is -2.42. The third-order valence-corrected chi connectivity index (χ3v) is 3.51. The molecule has 19 heavy (non-hydrogen) atoms. The topological polar surface area (TPSA) is 65.5 Å². The van der Waals surface area contributed by atoms with Gasteiger partial charge in [0.1, 0.15) is 5.82 Å². The van der Waals surface area contributed by atoms with E-state index >= 15 is 0 Å². The van der Waals surface area contributed by atoms with E-state index < -0.39 is 0 Å². The lowest BCUT2D eigenvalue weighted by atomic mass is 9.82. The van der Waals surface area contributed by atoms with Crippen LogP contribution in [0.25, 0.3) is 0 Å². The Balaban J connectivity index is 1.73. The van der Waals surface area contributed by atoms with E-state index in [1.54, 1.807) is 23.2 Å². The number of pyridine rings is 1. The van der Waals surface area contributed by atoms with Gasteiger partial charge in [-0.25, -0.2) is 4.98 Å². The molecule has 1 saturated carbocycles. The predicted molar refractivity (Wildman–Crippen MR) is 74.3 cm³/mol. The van der Waals surface area contributed by atoms with Gasteiger partial charge in [-0.2, -0.15) is 0 Å². The SMILES string of the molecule is CN(CC(=O)NCC1CC(O)C1)c1ccc(Cl)cn1. The number of nitrogens with zero attached hydrogens (tertiary/aromatic N) is 2. The number of aromatic nitrogens is 1. The average Bonchev–Trinajstić information content (AvgIpc) is 2.34. The molecular weight excluding hydrogens is 266 g/mol. The van der Waals surface area contributed by atoms with Crippen molar-refractivity contribution >= 4 is 23.3 Å². The summed E-state index contributed by atoms with van der Waals surface area (Å²) in [5, 5.41) is 12.6. The number of rotatable bonds is 5. The molecule has 0 aliphatic heterocycles. The second kappa shape index (κ2) is 6.21. The van der Waals surface area contributed by atoms with Crippen LogP contribution >= 0.6 is 11.6 Å². The van der Waals surface area contributed by atoms with E-state index in [1.165, 1.54) is 0 Å². The maximum absolute atomic E-state index is 11.8. The van der Waals surface area contributed by atoms with Crippen molar-refractivity contribution in [3.8, 4) is 0 Å². The van der Waals surface area contributed by atoms with Gasteiger partial charge in [0.15, 0.2) is 0 Å². The highest BCUT2D eigenvalue weighted by Crippen LogP contribution is 2.26. The van der Waals surface area contributed by atoms with E-state index in [9.17, 15) is 4.79 Å². The van der Waals surface area contributed by atoms with E-state index in [0.29, 0.717) is 23.3 Å². The highest BCUT2D eigenvalue weighted by atomic mass is 35.5. The number of aliphatic hydroxyl groups excluding tert-OH is 1. The van der Waals surface area contributed by atoms with Crippen LogP contribution in [0, 0.1) is 5.92 Å². The van der Waals surface area contributed by atoms with E-state index in [1.807, 2.05) is 7.05 Å². The largest absolute Gasteiger partial charge is 0.393 e. The highest BCUT2D eigenvalue weighted by molar-refractivity contribution is 6.30. The van der Waals surface area contributed by atoms with Crippen molar-refractivity contribution in [1.29, 1.82) is 0 Å². The first-order chi connectivity index (χ1) is 9.04. The van der Waals surface area contributed by atoms with Crippen molar-refractivity contribution in [2.24, 2.45) is 5.92 Å². The predicted octanol–water partition coefficient (Wildman–Crippen LogP) is 1.06. The van der Waals surface area contributed by atoms with Crippen LogP contribution in [0.3, 0.4) is 0 Å². The molecule has 0 atom stereocenters. The standard InChI is InChI=1S/C13H18ClN3O2/c1-17(12-3-2-10(14)7-15-12)8-13(19)16-6-9-4-11(18)5-9/h2-3,7,9,11,18H,4-6,8H2,1H3,(H,16,19). The molecule has 0 aromatic carbocycles. The number of nitrogens with one attached hydrogen (secondary N) is 1. The van der Waals surface area contributed by atoms with Crippen LogP contribution in [0.4, 0.5) is 5.82 Å². The van der Waals surface area contributed by atoms with Gasteiger partial charge in [-0.15, -0.1) is 0 Å². The molecule has 1 fully saturated rings. The maximum atomic E-state index is 11.8. The third-order valence-electron chi connectivity index (χ3n) is 3.28. The zero-order chi connectivity index (χ0) is 13.8. The molecule has 1 aliphatic carbocycles. The molecule has 1 amide bonds. The molecule has 1 aromatic rings. The lowest BCUT2D eigenvalue weighted by Gasteiger charge is -2.31. The van der Waals surface area contributed by atoms with Gasteiger partial charge >= 0.3 is 0 Å². The fourth-order valence-electron chi connectivity index (χ4n) is 2.07. The number of likely N-dealkylation sites (N-methyl/N-ethyl adjacent to an activating group) is 1. The van der Waals surface area contributed by atoms with Crippen molar-refractivity contribution in [3.63, 3.8) is 0 Å². The van der Waals surface area contributed by atoms with Crippen LogP contribution < -0.4 is 10.2 Å². The Labute approximate surface area is 117 Å². The van der Waals surface area contributed by atoms with Gasteiger partial charge in [0.25, 0.3) is 0 Å². The van der Waals surface area contributed by atoms with Crippen LogP contribution in [0.5, 0.6) is 0 Å². The second-order valence-electron chi connectivity index (χ2n) is 4.99. The first-order valence-corrected chi connectivity index (χ1v) is 6.70. The molecular formula is C13H18ClN3O2. The van der Waals surface area contributed by atoms with Crippen LogP contribution in [-0.2, 0) is 4.79 Å². The lowest BCUT2D eigenvalue weighted by molar-refractivity contribution is -0.120. The summed E-state index contributed by atoms with van der Waals surface area (Å²) in [7, 11) is 1.81. The molecule has 1 aromatic heterocycles. The van der Waals surface area contributed by atoms with Crippen molar-refractivity contribution in [2.75, 3.05) is 25.0 Å². The van der Waals surface area contributed by atoms with Gasteiger partial charge in [0.05, 0.1) is 17.7 Å². The zero-order valence-corrected chi connectivity index (χ0v) is 11.6. The molecule has 0 bridgehead atoms. The average molecular weight is 284 g/mol. The summed E-state index contributed by atoms with van der Waals surface area (Å²) in [6.07, 6.45) is 2.95. The van der Waals surface area contributed by atoms with E-state index in [2.05, 4.69) is 10.3 Å². The summed E-state index contributed by atoms with van der Waals surface area (Å²) in [6, 6.07) is 3.52. The minimum absolute atomic E-state index is 0.0411. The normalized spacial score (nSPS) is 21.6. The van der Waals surface area contributed by atoms with Crippen LogP contribution in [0.2, 0.25) is 5.02 Å². The summed E-state index contributed by atoms with van der Waals surface area (Å²) >= 11 is 5.76. The molecule has 104 valence electrons. The number of aliphatic hydroxyl groups is 1.